The van der Waals surface area contributed by atoms with Crippen molar-refractivity contribution >= 4 is 11.6 Å². The Hall–Kier alpha value is -1.39. The summed E-state index contributed by atoms with van der Waals surface area (Å²) in [6, 6.07) is 7.12. The summed E-state index contributed by atoms with van der Waals surface area (Å²) in [6.07, 6.45) is 0.624. The van der Waals surface area contributed by atoms with Gasteiger partial charge in [0.15, 0.2) is 5.82 Å². The molecule has 0 spiro atoms. The first-order valence-corrected chi connectivity index (χ1v) is 6.11. The highest BCUT2D eigenvalue weighted by molar-refractivity contribution is 6.30. The third-order valence-electron chi connectivity index (χ3n) is 2.62. The van der Waals surface area contributed by atoms with Gasteiger partial charge in [-0.2, -0.15) is 5.10 Å². The van der Waals surface area contributed by atoms with Crippen LogP contribution in [0.5, 0.6) is 0 Å². The maximum absolute atomic E-state index is 10.4. The minimum absolute atomic E-state index is 0.231. The highest BCUT2D eigenvalue weighted by Gasteiger charge is 2.24. The topological polar surface area (TPSA) is 50.9 Å². The lowest BCUT2D eigenvalue weighted by molar-refractivity contribution is 0.189. The van der Waals surface area contributed by atoms with Crippen LogP contribution in [0, 0.1) is 0 Å². The molecule has 2 rings (SSSR count). The maximum atomic E-state index is 10.4. The summed E-state index contributed by atoms with van der Waals surface area (Å²) in [5.41, 5.74) is 0.478. The SMILES string of the molecule is CC(C)(C)n1ncnc1C(O)c1cccc(Cl)c1. The Morgan fingerprint density at radius 3 is 2.67 bits per heavy atom. The molecule has 96 valence electrons. The monoisotopic (exact) mass is 265 g/mol. The molecule has 1 aromatic heterocycles. The lowest BCUT2D eigenvalue weighted by Gasteiger charge is -2.23. The molecule has 4 nitrogen and oxygen atoms in total. The summed E-state index contributed by atoms with van der Waals surface area (Å²) in [4.78, 5) is 4.15. The van der Waals surface area contributed by atoms with Gasteiger partial charge in [0, 0.05) is 5.02 Å². The van der Waals surface area contributed by atoms with Crippen molar-refractivity contribution in [2.45, 2.75) is 32.4 Å². The van der Waals surface area contributed by atoms with Gasteiger partial charge in [-0.15, -0.1) is 0 Å². The molecule has 0 aliphatic carbocycles. The van der Waals surface area contributed by atoms with E-state index < -0.39 is 6.10 Å². The summed E-state index contributed by atoms with van der Waals surface area (Å²) < 4.78 is 1.72. The van der Waals surface area contributed by atoms with Crippen LogP contribution in [-0.4, -0.2) is 19.9 Å². The number of hydrogen-bond acceptors (Lipinski definition) is 3. The molecule has 0 saturated carbocycles. The van der Waals surface area contributed by atoms with Gasteiger partial charge in [-0.3, -0.25) is 0 Å². The number of benzene rings is 1. The molecule has 0 aliphatic heterocycles. The Balaban J connectivity index is 2.41. The standard InChI is InChI=1S/C13H16ClN3O/c1-13(2,3)17-12(15-8-16-17)11(18)9-5-4-6-10(14)7-9/h4-8,11,18H,1-3H3. The highest BCUT2D eigenvalue weighted by Crippen LogP contribution is 2.25. The van der Waals surface area contributed by atoms with E-state index in [1.54, 1.807) is 22.9 Å². The number of nitrogens with zero attached hydrogens (tertiary/aromatic N) is 3. The molecule has 0 aliphatic rings. The normalized spacial score (nSPS) is 13.6. The molecular formula is C13H16ClN3O. The Morgan fingerprint density at radius 1 is 1.33 bits per heavy atom. The number of aliphatic hydroxyl groups excluding tert-OH is 1. The smallest absolute Gasteiger partial charge is 0.160 e. The van der Waals surface area contributed by atoms with Gasteiger partial charge in [-0.1, -0.05) is 23.7 Å². The van der Waals surface area contributed by atoms with Crippen LogP contribution in [0.2, 0.25) is 5.02 Å². The zero-order valence-corrected chi connectivity index (χ0v) is 11.4. The molecule has 1 aromatic carbocycles. The van der Waals surface area contributed by atoms with Gasteiger partial charge >= 0.3 is 0 Å². The highest BCUT2D eigenvalue weighted by atomic mass is 35.5. The van der Waals surface area contributed by atoms with Crippen LogP contribution in [0.3, 0.4) is 0 Å². The van der Waals surface area contributed by atoms with E-state index in [9.17, 15) is 5.11 Å². The second-order valence-corrected chi connectivity index (χ2v) is 5.59. The van der Waals surface area contributed by atoms with E-state index in [2.05, 4.69) is 10.1 Å². The Kier molecular flexibility index (Phi) is 3.41. The van der Waals surface area contributed by atoms with Crippen LogP contribution in [0.1, 0.15) is 38.3 Å². The third-order valence-corrected chi connectivity index (χ3v) is 2.85. The van der Waals surface area contributed by atoms with Gasteiger partial charge in [0.1, 0.15) is 12.4 Å². The van der Waals surface area contributed by atoms with Crippen LogP contribution < -0.4 is 0 Å². The number of rotatable bonds is 2. The van der Waals surface area contributed by atoms with E-state index in [0.717, 1.165) is 0 Å². The summed E-state index contributed by atoms with van der Waals surface area (Å²) >= 11 is 5.93. The molecule has 0 amide bonds. The van der Waals surface area contributed by atoms with Gasteiger partial charge in [-0.25, -0.2) is 9.67 Å². The van der Waals surface area contributed by atoms with Crippen molar-refractivity contribution < 1.29 is 5.11 Å². The number of hydrogen-bond donors (Lipinski definition) is 1. The van der Waals surface area contributed by atoms with E-state index in [0.29, 0.717) is 16.4 Å². The Morgan fingerprint density at radius 2 is 2.06 bits per heavy atom. The van der Waals surface area contributed by atoms with Gasteiger partial charge < -0.3 is 5.11 Å². The van der Waals surface area contributed by atoms with E-state index >= 15 is 0 Å². The molecule has 2 aromatic rings. The summed E-state index contributed by atoms with van der Waals surface area (Å²) in [5, 5.41) is 15.1. The molecule has 5 heteroatoms. The maximum Gasteiger partial charge on any atom is 0.160 e. The second-order valence-electron chi connectivity index (χ2n) is 5.16. The predicted octanol–water partition coefficient (Wildman–Crippen LogP) is 2.77. The second kappa shape index (κ2) is 4.71. The molecule has 1 heterocycles. The largest absolute Gasteiger partial charge is 0.380 e. The zero-order valence-electron chi connectivity index (χ0n) is 10.6. The van der Waals surface area contributed by atoms with E-state index in [-0.39, 0.29) is 5.54 Å². The fourth-order valence-electron chi connectivity index (χ4n) is 1.78. The quantitative estimate of drug-likeness (QED) is 0.908. The van der Waals surface area contributed by atoms with Crippen LogP contribution in [-0.2, 0) is 5.54 Å². The molecule has 1 N–H and O–H groups in total. The van der Waals surface area contributed by atoms with Crippen molar-refractivity contribution in [2.24, 2.45) is 0 Å². The number of halogens is 1. The molecule has 18 heavy (non-hydrogen) atoms. The summed E-state index contributed by atoms with van der Waals surface area (Å²) in [7, 11) is 0. The van der Waals surface area contributed by atoms with Crippen molar-refractivity contribution in [1.82, 2.24) is 14.8 Å². The van der Waals surface area contributed by atoms with Crippen molar-refractivity contribution in [3.8, 4) is 0 Å². The molecule has 1 atom stereocenters. The van der Waals surface area contributed by atoms with Crippen molar-refractivity contribution in [2.75, 3.05) is 0 Å². The van der Waals surface area contributed by atoms with Crippen molar-refractivity contribution in [1.29, 1.82) is 0 Å². The predicted molar refractivity (Wildman–Crippen MR) is 70.5 cm³/mol. The number of aromatic nitrogens is 3. The van der Waals surface area contributed by atoms with Crippen LogP contribution in [0.4, 0.5) is 0 Å². The first kappa shape index (κ1) is 13.1. The first-order valence-electron chi connectivity index (χ1n) is 5.73. The summed E-state index contributed by atoms with van der Waals surface area (Å²) in [6.45, 7) is 6.03. The van der Waals surface area contributed by atoms with Crippen LogP contribution in [0.25, 0.3) is 0 Å². The van der Waals surface area contributed by atoms with Gasteiger partial charge in [0.2, 0.25) is 0 Å². The third kappa shape index (κ3) is 2.54. The van der Waals surface area contributed by atoms with Gasteiger partial charge in [0.05, 0.1) is 5.54 Å². The fraction of sp³-hybridized carbons (Fsp3) is 0.385. The minimum Gasteiger partial charge on any atom is -0.380 e. The molecular weight excluding hydrogens is 250 g/mol. The molecule has 1 unspecified atom stereocenters. The molecule has 0 bridgehead atoms. The Labute approximate surface area is 111 Å². The Bertz CT molecular complexity index is 545. The van der Waals surface area contributed by atoms with Crippen molar-refractivity contribution in [3.05, 3.63) is 47.0 Å². The van der Waals surface area contributed by atoms with Crippen LogP contribution >= 0.6 is 11.6 Å². The van der Waals surface area contributed by atoms with Crippen molar-refractivity contribution in [3.63, 3.8) is 0 Å². The average Bonchev–Trinajstić information content (AvgIpc) is 2.76. The van der Waals surface area contributed by atoms with E-state index in [1.807, 2.05) is 26.8 Å². The molecule has 0 fully saturated rings. The van der Waals surface area contributed by atoms with E-state index in [4.69, 9.17) is 11.6 Å². The average molecular weight is 266 g/mol. The van der Waals surface area contributed by atoms with Gasteiger partial charge in [0.25, 0.3) is 0 Å². The zero-order chi connectivity index (χ0) is 13.3. The summed E-state index contributed by atoms with van der Waals surface area (Å²) in [5.74, 6) is 0.518. The lowest BCUT2D eigenvalue weighted by Crippen LogP contribution is -2.27. The van der Waals surface area contributed by atoms with E-state index in [1.165, 1.54) is 6.33 Å². The minimum atomic E-state index is -0.828. The number of aliphatic hydroxyl groups is 1. The van der Waals surface area contributed by atoms with Crippen LogP contribution in [0.15, 0.2) is 30.6 Å². The molecule has 0 saturated heterocycles. The lowest BCUT2D eigenvalue weighted by atomic mass is 10.1. The first-order chi connectivity index (χ1) is 8.39. The van der Waals surface area contributed by atoms with Gasteiger partial charge in [-0.05, 0) is 38.5 Å². The fourth-order valence-corrected chi connectivity index (χ4v) is 1.98. The molecule has 0 radical (unpaired) electrons.